The van der Waals surface area contributed by atoms with Crippen molar-refractivity contribution >= 4 is 21.8 Å². The quantitative estimate of drug-likeness (QED) is 0.804. The van der Waals surface area contributed by atoms with E-state index in [1.165, 1.54) is 0 Å². The maximum Gasteiger partial charge on any atom is 0.255 e. The Kier molecular flexibility index (Phi) is 6.62. The van der Waals surface area contributed by atoms with Gasteiger partial charge in [-0.2, -0.15) is 0 Å². The number of ether oxygens (including phenoxy) is 1. The molecule has 2 rings (SSSR count). The molecule has 23 heavy (non-hydrogen) atoms. The van der Waals surface area contributed by atoms with Gasteiger partial charge in [0.2, 0.25) is 0 Å². The lowest BCUT2D eigenvalue weighted by Gasteiger charge is -2.23. The van der Waals surface area contributed by atoms with Crippen molar-refractivity contribution in [3.8, 4) is 5.75 Å². The Labute approximate surface area is 145 Å². The van der Waals surface area contributed by atoms with Gasteiger partial charge in [0, 0.05) is 17.6 Å². The lowest BCUT2D eigenvalue weighted by Crippen LogP contribution is -2.32. The summed E-state index contributed by atoms with van der Waals surface area (Å²) in [5.74, 6) is 0.628. The van der Waals surface area contributed by atoms with E-state index in [2.05, 4.69) is 15.9 Å². The van der Waals surface area contributed by atoms with E-state index in [0.29, 0.717) is 30.9 Å². The Balaban J connectivity index is 2.25. The summed E-state index contributed by atoms with van der Waals surface area (Å²) in [6.45, 7) is 1.73. The van der Waals surface area contributed by atoms with Crippen molar-refractivity contribution < 1.29 is 9.53 Å². The monoisotopic (exact) mass is 376 g/mol. The highest BCUT2D eigenvalue weighted by atomic mass is 79.9. The number of benzene rings is 2. The van der Waals surface area contributed by atoms with E-state index in [0.717, 1.165) is 16.5 Å². The topological polar surface area (TPSA) is 55.6 Å². The van der Waals surface area contributed by atoms with Crippen LogP contribution in [0.25, 0.3) is 0 Å². The summed E-state index contributed by atoms with van der Waals surface area (Å²) in [5.41, 5.74) is 7.31. The van der Waals surface area contributed by atoms with Gasteiger partial charge in [-0.3, -0.25) is 4.79 Å². The van der Waals surface area contributed by atoms with Crippen molar-refractivity contribution in [3.63, 3.8) is 0 Å². The lowest BCUT2D eigenvalue weighted by atomic mass is 10.1. The Bertz CT molecular complexity index is 647. The van der Waals surface area contributed by atoms with Crippen LogP contribution < -0.4 is 10.5 Å². The fraction of sp³-hybridized carbons (Fsp3) is 0.278. The summed E-state index contributed by atoms with van der Waals surface area (Å²) in [5, 5.41) is 0. The van der Waals surface area contributed by atoms with E-state index in [4.69, 9.17) is 10.5 Å². The van der Waals surface area contributed by atoms with E-state index < -0.39 is 0 Å². The summed E-state index contributed by atoms with van der Waals surface area (Å²) < 4.78 is 5.99. The van der Waals surface area contributed by atoms with Crippen LogP contribution >= 0.6 is 15.9 Å². The van der Waals surface area contributed by atoms with Crippen LogP contribution in [0, 0.1) is 0 Å². The smallest absolute Gasteiger partial charge is 0.255 e. The molecular formula is C18H21BrN2O2. The van der Waals surface area contributed by atoms with Crippen molar-refractivity contribution in [1.82, 2.24) is 4.90 Å². The number of nitrogens with two attached hydrogens (primary N) is 1. The fourth-order valence-corrected chi connectivity index (χ4v) is 2.72. The number of nitrogens with zero attached hydrogens (tertiary/aromatic N) is 1. The van der Waals surface area contributed by atoms with Gasteiger partial charge >= 0.3 is 0 Å². The van der Waals surface area contributed by atoms with Gasteiger partial charge in [-0.1, -0.05) is 30.3 Å². The first-order valence-electron chi connectivity index (χ1n) is 7.52. The molecule has 1 amide bonds. The Morgan fingerprint density at radius 1 is 1.22 bits per heavy atom. The summed E-state index contributed by atoms with van der Waals surface area (Å²) in [4.78, 5) is 14.8. The van der Waals surface area contributed by atoms with Crippen LogP contribution in [-0.4, -0.2) is 31.0 Å². The average Bonchev–Trinajstić information content (AvgIpc) is 2.59. The predicted molar refractivity (Wildman–Crippen MR) is 95.5 cm³/mol. The normalized spacial score (nSPS) is 10.4. The molecule has 0 aliphatic rings. The van der Waals surface area contributed by atoms with Gasteiger partial charge in [0.25, 0.3) is 5.91 Å². The molecule has 0 aliphatic carbocycles. The van der Waals surface area contributed by atoms with Crippen LogP contribution in [0.1, 0.15) is 22.3 Å². The van der Waals surface area contributed by atoms with Gasteiger partial charge in [-0.25, -0.2) is 0 Å². The van der Waals surface area contributed by atoms with Crippen molar-refractivity contribution in [3.05, 3.63) is 64.1 Å². The molecular weight excluding hydrogens is 356 g/mol. The van der Waals surface area contributed by atoms with Gasteiger partial charge in [0.05, 0.1) is 12.7 Å². The fourth-order valence-electron chi connectivity index (χ4n) is 2.30. The molecule has 2 aromatic carbocycles. The van der Waals surface area contributed by atoms with E-state index >= 15 is 0 Å². The van der Waals surface area contributed by atoms with Gasteiger partial charge < -0.3 is 15.4 Å². The Morgan fingerprint density at radius 2 is 1.96 bits per heavy atom. The van der Waals surface area contributed by atoms with Crippen molar-refractivity contribution in [2.24, 2.45) is 5.73 Å². The molecule has 0 unspecified atom stereocenters. The minimum Gasteiger partial charge on any atom is -0.497 e. The van der Waals surface area contributed by atoms with Crippen molar-refractivity contribution in [1.29, 1.82) is 0 Å². The second kappa shape index (κ2) is 8.70. The molecule has 5 heteroatoms. The molecule has 0 spiro atoms. The standard InChI is InChI=1S/C18H21BrN2O2/c1-23-15-8-9-17(19)16(12-15)18(22)21(11-5-10-20)13-14-6-3-2-4-7-14/h2-4,6-9,12H,5,10-11,13,20H2,1H3. The minimum atomic E-state index is -0.0342. The van der Waals surface area contributed by atoms with Crippen molar-refractivity contribution in [2.75, 3.05) is 20.2 Å². The van der Waals surface area contributed by atoms with E-state index in [-0.39, 0.29) is 5.91 Å². The molecule has 0 fully saturated rings. The number of hydrogen-bond donors (Lipinski definition) is 1. The maximum absolute atomic E-state index is 12.9. The number of hydrogen-bond acceptors (Lipinski definition) is 3. The second-order valence-electron chi connectivity index (χ2n) is 5.20. The number of amides is 1. The zero-order valence-corrected chi connectivity index (χ0v) is 14.8. The van der Waals surface area contributed by atoms with Gasteiger partial charge in [-0.05, 0) is 52.7 Å². The van der Waals surface area contributed by atoms with Crippen LogP contribution in [0.2, 0.25) is 0 Å². The van der Waals surface area contributed by atoms with Gasteiger partial charge in [0.15, 0.2) is 0 Å². The van der Waals surface area contributed by atoms with Crippen LogP contribution in [0.15, 0.2) is 53.0 Å². The molecule has 2 N–H and O–H groups in total. The van der Waals surface area contributed by atoms with Crippen molar-refractivity contribution in [2.45, 2.75) is 13.0 Å². The molecule has 122 valence electrons. The second-order valence-corrected chi connectivity index (χ2v) is 6.05. The van der Waals surface area contributed by atoms with E-state index in [1.807, 2.05) is 47.4 Å². The third kappa shape index (κ3) is 4.81. The molecule has 0 heterocycles. The first-order valence-corrected chi connectivity index (χ1v) is 8.32. The lowest BCUT2D eigenvalue weighted by molar-refractivity contribution is 0.0741. The summed E-state index contributed by atoms with van der Waals surface area (Å²) in [7, 11) is 1.59. The highest BCUT2D eigenvalue weighted by molar-refractivity contribution is 9.10. The molecule has 2 aromatic rings. The number of halogens is 1. The number of methoxy groups -OCH3 is 1. The molecule has 0 aromatic heterocycles. The maximum atomic E-state index is 12.9. The first kappa shape index (κ1) is 17.5. The van der Waals surface area contributed by atoms with Crippen LogP contribution in [-0.2, 0) is 6.54 Å². The number of carbonyl (C=O) groups is 1. The molecule has 4 nitrogen and oxygen atoms in total. The Hall–Kier alpha value is -1.85. The minimum absolute atomic E-state index is 0.0342. The van der Waals surface area contributed by atoms with Gasteiger partial charge in [0.1, 0.15) is 5.75 Å². The zero-order chi connectivity index (χ0) is 16.7. The number of carbonyl (C=O) groups excluding carboxylic acids is 1. The average molecular weight is 377 g/mol. The largest absolute Gasteiger partial charge is 0.497 e. The molecule has 0 radical (unpaired) electrons. The molecule has 0 aliphatic heterocycles. The van der Waals surface area contributed by atoms with Gasteiger partial charge in [-0.15, -0.1) is 0 Å². The van der Waals surface area contributed by atoms with E-state index in [1.54, 1.807) is 13.2 Å². The molecule has 0 saturated heterocycles. The van der Waals surface area contributed by atoms with Crippen LogP contribution in [0.3, 0.4) is 0 Å². The third-order valence-electron chi connectivity index (χ3n) is 3.54. The predicted octanol–water partition coefficient (Wildman–Crippen LogP) is 3.45. The van der Waals surface area contributed by atoms with Crippen LogP contribution in [0.5, 0.6) is 5.75 Å². The number of rotatable bonds is 7. The zero-order valence-electron chi connectivity index (χ0n) is 13.2. The summed E-state index contributed by atoms with van der Waals surface area (Å²) in [6, 6.07) is 15.4. The highest BCUT2D eigenvalue weighted by Gasteiger charge is 2.19. The first-order chi connectivity index (χ1) is 11.2. The highest BCUT2D eigenvalue weighted by Crippen LogP contribution is 2.24. The summed E-state index contributed by atoms with van der Waals surface area (Å²) >= 11 is 3.45. The molecule has 0 saturated carbocycles. The van der Waals surface area contributed by atoms with Crippen LogP contribution in [0.4, 0.5) is 0 Å². The SMILES string of the molecule is COc1ccc(Br)c(C(=O)N(CCCN)Cc2ccccc2)c1. The third-order valence-corrected chi connectivity index (χ3v) is 4.23. The Morgan fingerprint density at radius 3 is 2.61 bits per heavy atom. The van der Waals surface area contributed by atoms with E-state index in [9.17, 15) is 4.79 Å². The molecule has 0 atom stereocenters. The summed E-state index contributed by atoms with van der Waals surface area (Å²) in [6.07, 6.45) is 0.764. The molecule has 0 bridgehead atoms.